The number of carbonyl (C=O) groups excluding carboxylic acids is 3. The quantitative estimate of drug-likeness (QED) is 0.579. The third-order valence-corrected chi connectivity index (χ3v) is 4.71. The molecule has 2 aliphatic rings. The number of unbranched alkanes of at least 4 members (excludes halogenated alkanes) is 2. The fourth-order valence-corrected chi connectivity index (χ4v) is 3.30. The summed E-state index contributed by atoms with van der Waals surface area (Å²) in [6, 6.07) is 6.91. The molecule has 0 radical (unpaired) electrons. The van der Waals surface area contributed by atoms with Gasteiger partial charge in [0.15, 0.2) is 0 Å². The number of fused-ring (bicyclic) bond motifs is 1. The zero-order valence-corrected chi connectivity index (χ0v) is 14.3. The number of amides is 3. The standard InChI is InChI=1S/C19H24N2O4/c22-17(20-13-14-7-6-12-25-14)10-2-1-5-11-21-18(23)15-8-3-4-9-16(15)19(21)24/h3-4,8-9,14H,1-2,5-7,10-13H2,(H,20,22). The second-order valence-corrected chi connectivity index (χ2v) is 6.56. The van der Waals surface area contributed by atoms with E-state index >= 15 is 0 Å². The first-order valence-electron chi connectivity index (χ1n) is 9.00. The lowest BCUT2D eigenvalue weighted by Gasteiger charge is -2.13. The van der Waals surface area contributed by atoms with Crippen LogP contribution in [0.15, 0.2) is 24.3 Å². The highest BCUT2D eigenvalue weighted by Crippen LogP contribution is 2.22. The molecule has 1 saturated heterocycles. The SMILES string of the molecule is O=C(CCCCCN1C(=O)c2ccccc2C1=O)NCC1CCCO1. The van der Waals surface area contributed by atoms with Crippen LogP contribution in [0.2, 0.25) is 0 Å². The van der Waals surface area contributed by atoms with Crippen molar-refractivity contribution < 1.29 is 19.1 Å². The predicted molar refractivity (Wildman–Crippen MR) is 92.3 cm³/mol. The fraction of sp³-hybridized carbons (Fsp3) is 0.526. The van der Waals surface area contributed by atoms with Gasteiger partial charge in [-0.15, -0.1) is 0 Å². The first-order valence-corrected chi connectivity index (χ1v) is 9.00. The number of hydrogen-bond donors (Lipinski definition) is 1. The minimum Gasteiger partial charge on any atom is -0.376 e. The maximum Gasteiger partial charge on any atom is 0.261 e. The van der Waals surface area contributed by atoms with Crippen LogP contribution in [0.3, 0.4) is 0 Å². The lowest BCUT2D eigenvalue weighted by atomic mass is 10.1. The number of ether oxygens (including phenoxy) is 1. The third kappa shape index (κ3) is 4.25. The van der Waals surface area contributed by atoms with E-state index in [9.17, 15) is 14.4 Å². The highest BCUT2D eigenvalue weighted by Gasteiger charge is 2.34. The van der Waals surface area contributed by atoms with Gasteiger partial charge < -0.3 is 10.1 Å². The molecule has 0 bridgehead atoms. The lowest BCUT2D eigenvalue weighted by molar-refractivity contribution is -0.121. The van der Waals surface area contributed by atoms with E-state index in [0.29, 0.717) is 37.1 Å². The molecule has 6 nitrogen and oxygen atoms in total. The number of imide groups is 1. The van der Waals surface area contributed by atoms with Gasteiger partial charge in [-0.3, -0.25) is 19.3 Å². The molecule has 0 aromatic heterocycles. The molecule has 0 aliphatic carbocycles. The van der Waals surface area contributed by atoms with Crippen molar-refractivity contribution in [1.82, 2.24) is 10.2 Å². The molecule has 6 heteroatoms. The maximum absolute atomic E-state index is 12.2. The van der Waals surface area contributed by atoms with Gasteiger partial charge in [-0.1, -0.05) is 18.6 Å². The van der Waals surface area contributed by atoms with Gasteiger partial charge in [0, 0.05) is 26.1 Å². The molecule has 1 fully saturated rings. The summed E-state index contributed by atoms with van der Waals surface area (Å²) in [5.74, 6) is -0.388. The van der Waals surface area contributed by atoms with Crippen molar-refractivity contribution in [3.8, 4) is 0 Å². The van der Waals surface area contributed by atoms with Crippen LogP contribution in [0.5, 0.6) is 0 Å². The molecule has 3 amide bonds. The molecule has 1 unspecified atom stereocenters. The number of nitrogens with one attached hydrogen (secondary N) is 1. The molecule has 1 N–H and O–H groups in total. The number of nitrogens with zero attached hydrogens (tertiary/aromatic N) is 1. The van der Waals surface area contributed by atoms with Crippen molar-refractivity contribution in [2.75, 3.05) is 19.7 Å². The summed E-state index contributed by atoms with van der Waals surface area (Å²) in [5.41, 5.74) is 0.974. The van der Waals surface area contributed by atoms with Gasteiger partial charge in [0.1, 0.15) is 0 Å². The van der Waals surface area contributed by atoms with E-state index in [-0.39, 0.29) is 23.8 Å². The molecule has 3 rings (SSSR count). The Morgan fingerprint density at radius 3 is 2.48 bits per heavy atom. The van der Waals surface area contributed by atoms with Crippen LogP contribution >= 0.6 is 0 Å². The predicted octanol–water partition coefficient (Wildman–Crippen LogP) is 2.14. The Hall–Kier alpha value is -2.21. The Bertz CT molecular complexity index is 618. The average molecular weight is 344 g/mol. The van der Waals surface area contributed by atoms with Crippen LogP contribution in [0.25, 0.3) is 0 Å². The summed E-state index contributed by atoms with van der Waals surface area (Å²) >= 11 is 0. The lowest BCUT2D eigenvalue weighted by Crippen LogP contribution is -2.32. The van der Waals surface area contributed by atoms with Crippen molar-refractivity contribution >= 4 is 17.7 Å². The highest BCUT2D eigenvalue weighted by atomic mass is 16.5. The molecule has 0 spiro atoms. The molecule has 2 heterocycles. The van der Waals surface area contributed by atoms with Gasteiger partial charge in [-0.2, -0.15) is 0 Å². The molecule has 1 aromatic carbocycles. The van der Waals surface area contributed by atoms with Crippen LogP contribution in [0, 0.1) is 0 Å². The molecule has 2 aliphatic heterocycles. The van der Waals surface area contributed by atoms with Gasteiger partial charge >= 0.3 is 0 Å². The third-order valence-electron chi connectivity index (χ3n) is 4.71. The number of rotatable bonds is 8. The summed E-state index contributed by atoms with van der Waals surface area (Å²) in [5, 5.41) is 2.90. The van der Waals surface area contributed by atoms with Crippen LogP contribution < -0.4 is 5.32 Å². The summed E-state index contributed by atoms with van der Waals surface area (Å²) in [6.45, 7) is 1.79. The van der Waals surface area contributed by atoms with Crippen molar-refractivity contribution in [2.45, 2.75) is 44.6 Å². The molecule has 1 aromatic rings. The molecular weight excluding hydrogens is 320 g/mol. The van der Waals surface area contributed by atoms with Gasteiger partial charge in [0.2, 0.25) is 5.91 Å². The van der Waals surface area contributed by atoms with Gasteiger partial charge in [-0.25, -0.2) is 0 Å². The first-order chi connectivity index (χ1) is 12.2. The highest BCUT2D eigenvalue weighted by molar-refractivity contribution is 6.21. The van der Waals surface area contributed by atoms with Crippen molar-refractivity contribution in [2.24, 2.45) is 0 Å². The van der Waals surface area contributed by atoms with E-state index < -0.39 is 0 Å². The Morgan fingerprint density at radius 1 is 1.12 bits per heavy atom. The van der Waals surface area contributed by atoms with E-state index in [1.54, 1.807) is 24.3 Å². The Morgan fingerprint density at radius 2 is 1.84 bits per heavy atom. The van der Waals surface area contributed by atoms with E-state index in [1.807, 2.05) is 0 Å². The van der Waals surface area contributed by atoms with Crippen molar-refractivity contribution in [3.63, 3.8) is 0 Å². The number of benzene rings is 1. The first kappa shape index (κ1) is 17.6. The van der Waals surface area contributed by atoms with Crippen LogP contribution in [-0.2, 0) is 9.53 Å². The minimum absolute atomic E-state index is 0.0382. The van der Waals surface area contributed by atoms with Gasteiger partial charge in [0.05, 0.1) is 17.2 Å². The molecule has 134 valence electrons. The minimum atomic E-state index is -0.213. The second-order valence-electron chi connectivity index (χ2n) is 6.56. The normalized spacial score (nSPS) is 19.4. The Kier molecular flexibility index (Phi) is 5.81. The monoisotopic (exact) mass is 344 g/mol. The van der Waals surface area contributed by atoms with E-state index in [4.69, 9.17) is 4.74 Å². The summed E-state index contributed by atoms with van der Waals surface area (Å²) in [6.07, 6.45) is 4.98. The van der Waals surface area contributed by atoms with Gasteiger partial charge in [-0.05, 0) is 37.8 Å². The molecule has 0 saturated carbocycles. The zero-order valence-electron chi connectivity index (χ0n) is 14.3. The topological polar surface area (TPSA) is 75.7 Å². The molecule has 25 heavy (non-hydrogen) atoms. The summed E-state index contributed by atoms with van der Waals surface area (Å²) in [4.78, 5) is 37.5. The van der Waals surface area contributed by atoms with Gasteiger partial charge in [0.25, 0.3) is 11.8 Å². The van der Waals surface area contributed by atoms with E-state index in [1.165, 1.54) is 4.90 Å². The van der Waals surface area contributed by atoms with E-state index in [2.05, 4.69) is 5.32 Å². The average Bonchev–Trinajstić information content (AvgIpc) is 3.22. The van der Waals surface area contributed by atoms with Crippen molar-refractivity contribution in [1.29, 1.82) is 0 Å². The maximum atomic E-state index is 12.2. The molecule has 1 atom stereocenters. The largest absolute Gasteiger partial charge is 0.376 e. The van der Waals surface area contributed by atoms with Crippen LogP contribution in [0.4, 0.5) is 0 Å². The molecular formula is C19H24N2O4. The second kappa shape index (κ2) is 8.25. The van der Waals surface area contributed by atoms with Crippen molar-refractivity contribution in [3.05, 3.63) is 35.4 Å². The van der Waals surface area contributed by atoms with Crippen LogP contribution in [0.1, 0.15) is 59.2 Å². The number of carbonyl (C=O) groups is 3. The van der Waals surface area contributed by atoms with Crippen LogP contribution in [-0.4, -0.2) is 48.4 Å². The fourth-order valence-electron chi connectivity index (χ4n) is 3.30. The smallest absolute Gasteiger partial charge is 0.261 e. The Labute approximate surface area is 147 Å². The summed E-state index contributed by atoms with van der Waals surface area (Å²) in [7, 11) is 0. The summed E-state index contributed by atoms with van der Waals surface area (Å²) < 4.78 is 5.47. The number of hydrogen-bond acceptors (Lipinski definition) is 4. The van der Waals surface area contributed by atoms with E-state index in [0.717, 1.165) is 32.3 Å². The zero-order chi connectivity index (χ0) is 17.6. The Balaban J connectivity index is 1.32.